The van der Waals surface area contributed by atoms with E-state index in [0.717, 1.165) is 11.3 Å². The molecular weight excluding hydrogens is 367 g/mol. The lowest BCUT2D eigenvalue weighted by molar-refractivity contribution is -0.115. The van der Waals surface area contributed by atoms with Crippen LogP contribution < -0.4 is 11.1 Å². The van der Waals surface area contributed by atoms with Crippen molar-refractivity contribution in [3.63, 3.8) is 0 Å². The van der Waals surface area contributed by atoms with Crippen molar-refractivity contribution in [1.82, 2.24) is 9.97 Å². The van der Waals surface area contributed by atoms with Crippen molar-refractivity contribution in [2.24, 2.45) is 5.73 Å². The highest BCUT2D eigenvalue weighted by atomic mass is 32.2. The summed E-state index contributed by atoms with van der Waals surface area (Å²) in [5.74, 6) is -1.03. The van der Waals surface area contributed by atoms with E-state index in [0.29, 0.717) is 16.4 Å². The summed E-state index contributed by atoms with van der Waals surface area (Å²) in [6.07, 6.45) is 1.64. The van der Waals surface area contributed by atoms with Gasteiger partial charge in [-0.2, -0.15) is 0 Å². The Morgan fingerprint density at radius 2 is 1.81 bits per heavy atom. The molecular formula is C19H17FN4O2S. The monoisotopic (exact) mass is 384 g/mol. The second kappa shape index (κ2) is 8.05. The van der Waals surface area contributed by atoms with Crippen LogP contribution in [-0.2, 0) is 4.79 Å². The Morgan fingerprint density at radius 1 is 1.15 bits per heavy atom. The van der Waals surface area contributed by atoms with E-state index < -0.39 is 11.2 Å². The molecule has 4 N–H and O–H groups in total. The van der Waals surface area contributed by atoms with Crippen LogP contribution in [0.25, 0.3) is 11.3 Å². The molecule has 138 valence electrons. The number of primary amides is 1. The molecule has 0 bridgehead atoms. The third-order valence-electron chi connectivity index (χ3n) is 3.80. The second-order valence-electron chi connectivity index (χ2n) is 5.80. The van der Waals surface area contributed by atoms with Gasteiger partial charge in [0.05, 0.1) is 17.1 Å². The van der Waals surface area contributed by atoms with E-state index in [1.807, 2.05) is 0 Å². The second-order valence-corrected chi connectivity index (χ2v) is 7.13. The first-order valence-electron chi connectivity index (χ1n) is 8.10. The highest BCUT2D eigenvalue weighted by molar-refractivity contribution is 8.00. The molecule has 0 fully saturated rings. The zero-order chi connectivity index (χ0) is 19.4. The minimum absolute atomic E-state index is 0.202. The summed E-state index contributed by atoms with van der Waals surface area (Å²) in [7, 11) is 0. The van der Waals surface area contributed by atoms with E-state index in [-0.39, 0.29) is 11.7 Å². The predicted molar refractivity (Wildman–Crippen MR) is 103 cm³/mol. The highest BCUT2D eigenvalue weighted by Gasteiger charge is 2.17. The summed E-state index contributed by atoms with van der Waals surface area (Å²) in [4.78, 5) is 30.8. The summed E-state index contributed by atoms with van der Waals surface area (Å²) < 4.78 is 13.0. The Balaban J connectivity index is 1.61. The Bertz CT molecular complexity index is 955. The number of nitrogens with two attached hydrogens (primary N) is 1. The molecule has 0 spiro atoms. The molecule has 0 radical (unpaired) electrons. The third-order valence-corrected chi connectivity index (χ3v) is 4.80. The predicted octanol–water partition coefficient (Wildman–Crippen LogP) is 3.43. The number of thioether (sulfide) groups is 1. The van der Waals surface area contributed by atoms with E-state index in [4.69, 9.17) is 5.73 Å². The van der Waals surface area contributed by atoms with Gasteiger partial charge in [0.2, 0.25) is 11.8 Å². The van der Waals surface area contributed by atoms with Crippen molar-refractivity contribution in [3.8, 4) is 11.3 Å². The molecule has 1 heterocycles. The molecule has 3 rings (SSSR count). The van der Waals surface area contributed by atoms with Crippen LogP contribution in [0.4, 0.5) is 10.1 Å². The van der Waals surface area contributed by atoms with Crippen LogP contribution in [0.15, 0.2) is 59.9 Å². The number of rotatable bonds is 6. The van der Waals surface area contributed by atoms with Crippen molar-refractivity contribution < 1.29 is 14.0 Å². The minimum atomic E-state index is -0.522. The molecule has 2 aromatic carbocycles. The van der Waals surface area contributed by atoms with Gasteiger partial charge in [-0.3, -0.25) is 9.59 Å². The molecule has 27 heavy (non-hydrogen) atoms. The van der Waals surface area contributed by atoms with Gasteiger partial charge in [0.15, 0.2) is 5.16 Å². The highest BCUT2D eigenvalue weighted by Crippen LogP contribution is 2.25. The first-order valence-corrected chi connectivity index (χ1v) is 8.98. The fourth-order valence-electron chi connectivity index (χ4n) is 2.32. The summed E-state index contributed by atoms with van der Waals surface area (Å²) in [5.41, 5.74) is 7.69. The lowest BCUT2D eigenvalue weighted by Crippen LogP contribution is -2.22. The van der Waals surface area contributed by atoms with Crippen molar-refractivity contribution in [2.75, 3.05) is 5.32 Å². The molecule has 6 nitrogen and oxygen atoms in total. The van der Waals surface area contributed by atoms with Gasteiger partial charge in [-0.1, -0.05) is 11.8 Å². The molecule has 2 amide bonds. The number of anilines is 1. The van der Waals surface area contributed by atoms with Crippen molar-refractivity contribution in [2.45, 2.75) is 17.3 Å². The van der Waals surface area contributed by atoms with Crippen LogP contribution >= 0.6 is 11.8 Å². The quantitative estimate of drug-likeness (QED) is 0.567. The summed E-state index contributed by atoms with van der Waals surface area (Å²) in [6, 6.07) is 12.4. The number of carbonyl (C=O) groups is 2. The van der Waals surface area contributed by atoms with Crippen LogP contribution in [0.2, 0.25) is 0 Å². The molecule has 0 saturated heterocycles. The normalized spacial score (nSPS) is 11.8. The fraction of sp³-hybridized carbons (Fsp3) is 0.105. The van der Waals surface area contributed by atoms with Crippen LogP contribution in [0.5, 0.6) is 0 Å². The first kappa shape index (κ1) is 18.7. The van der Waals surface area contributed by atoms with Gasteiger partial charge in [0, 0.05) is 11.3 Å². The first-order chi connectivity index (χ1) is 12.9. The van der Waals surface area contributed by atoms with E-state index in [1.54, 1.807) is 49.5 Å². The maximum atomic E-state index is 13.0. The fourth-order valence-corrected chi connectivity index (χ4v) is 3.10. The summed E-state index contributed by atoms with van der Waals surface area (Å²) >= 11 is 1.27. The number of H-pyrrole nitrogens is 1. The molecule has 1 aromatic heterocycles. The molecule has 1 unspecified atom stereocenters. The summed E-state index contributed by atoms with van der Waals surface area (Å²) in [6.45, 7) is 1.76. The van der Waals surface area contributed by atoms with Gasteiger partial charge in [-0.15, -0.1) is 0 Å². The smallest absolute Gasteiger partial charge is 0.248 e. The van der Waals surface area contributed by atoms with Gasteiger partial charge >= 0.3 is 0 Å². The number of imidazole rings is 1. The molecule has 1 atom stereocenters. The van der Waals surface area contributed by atoms with E-state index in [2.05, 4.69) is 15.3 Å². The van der Waals surface area contributed by atoms with E-state index in [1.165, 1.54) is 23.9 Å². The third kappa shape index (κ3) is 4.73. The molecule has 8 heteroatoms. The zero-order valence-corrected chi connectivity index (χ0v) is 15.2. The van der Waals surface area contributed by atoms with Gasteiger partial charge in [-0.05, 0) is 61.0 Å². The topological polar surface area (TPSA) is 101 Å². The number of nitrogens with one attached hydrogen (secondary N) is 2. The SMILES string of the molecule is CC(Sc1ncc(-c2ccc(F)cc2)[nH]1)C(=O)Nc1ccc(C(N)=O)cc1. The number of halogens is 1. The Kier molecular flexibility index (Phi) is 5.56. The van der Waals surface area contributed by atoms with Crippen molar-refractivity contribution >= 4 is 29.3 Å². The number of nitrogens with zero attached hydrogens (tertiary/aromatic N) is 1. The minimum Gasteiger partial charge on any atom is -0.366 e. The number of aromatic nitrogens is 2. The zero-order valence-electron chi connectivity index (χ0n) is 14.4. The van der Waals surface area contributed by atoms with E-state index >= 15 is 0 Å². The largest absolute Gasteiger partial charge is 0.366 e. The number of hydrogen-bond donors (Lipinski definition) is 3. The molecule has 0 aliphatic heterocycles. The van der Waals surface area contributed by atoms with Gasteiger partial charge in [0.25, 0.3) is 0 Å². The molecule has 0 saturated carbocycles. The molecule has 0 aliphatic carbocycles. The number of benzene rings is 2. The maximum Gasteiger partial charge on any atom is 0.248 e. The van der Waals surface area contributed by atoms with Crippen LogP contribution in [0.3, 0.4) is 0 Å². The van der Waals surface area contributed by atoms with Gasteiger partial charge in [-0.25, -0.2) is 9.37 Å². The standard InChI is InChI=1S/C19H17FN4O2S/c1-11(18(26)23-15-8-4-13(5-9-15)17(21)25)27-19-22-10-16(24-19)12-2-6-14(20)7-3-12/h2-11H,1H3,(H2,21,25)(H,22,24)(H,23,26). The number of aromatic amines is 1. The lowest BCUT2D eigenvalue weighted by atomic mass is 10.2. The maximum absolute atomic E-state index is 13.0. The number of amides is 2. The van der Waals surface area contributed by atoms with Gasteiger partial charge < -0.3 is 16.0 Å². The van der Waals surface area contributed by atoms with Crippen molar-refractivity contribution in [3.05, 3.63) is 66.1 Å². The molecule has 0 aliphatic rings. The Hall–Kier alpha value is -3.13. The number of hydrogen-bond acceptors (Lipinski definition) is 4. The molecule has 3 aromatic rings. The number of carbonyl (C=O) groups excluding carboxylic acids is 2. The average molecular weight is 384 g/mol. The van der Waals surface area contributed by atoms with Crippen LogP contribution in [0.1, 0.15) is 17.3 Å². The Morgan fingerprint density at radius 3 is 2.44 bits per heavy atom. The van der Waals surface area contributed by atoms with Gasteiger partial charge in [0.1, 0.15) is 5.82 Å². The van der Waals surface area contributed by atoms with Crippen LogP contribution in [-0.4, -0.2) is 27.0 Å². The van der Waals surface area contributed by atoms with Crippen molar-refractivity contribution in [1.29, 1.82) is 0 Å². The lowest BCUT2D eigenvalue weighted by Gasteiger charge is -2.10. The Labute approximate surface area is 159 Å². The van der Waals surface area contributed by atoms with Crippen LogP contribution in [0, 0.1) is 5.82 Å². The average Bonchev–Trinajstić information content (AvgIpc) is 3.11. The van der Waals surface area contributed by atoms with E-state index in [9.17, 15) is 14.0 Å². The summed E-state index contributed by atoms with van der Waals surface area (Å²) in [5, 5.41) is 2.95.